The van der Waals surface area contributed by atoms with Gasteiger partial charge in [0.2, 0.25) is 0 Å². The van der Waals surface area contributed by atoms with Crippen molar-refractivity contribution in [2.75, 3.05) is 13.1 Å². The molecule has 5 heterocycles. The Bertz CT molecular complexity index is 2010. The third kappa shape index (κ3) is 5.77. The molecule has 2 aliphatic rings. The third-order valence-corrected chi connectivity index (χ3v) is 8.53. The molecule has 1 aliphatic heterocycles. The molecule has 2 aromatic carbocycles. The highest BCUT2D eigenvalue weighted by atomic mass is 15.2. The molecule has 0 bridgehead atoms. The molecule has 1 aliphatic carbocycles. The fourth-order valence-corrected chi connectivity index (χ4v) is 5.96. The minimum absolute atomic E-state index is 0.380. The van der Waals surface area contributed by atoms with Gasteiger partial charge < -0.3 is 0 Å². The van der Waals surface area contributed by atoms with Crippen LogP contribution in [-0.2, 0) is 6.54 Å². The quantitative estimate of drug-likeness (QED) is 0.215. The monoisotopic (exact) mass is 589 g/mol. The molecule has 0 spiro atoms. The summed E-state index contributed by atoms with van der Waals surface area (Å²) in [5.74, 6) is 2.45. The topological polar surface area (TPSA) is 109 Å². The Balaban J connectivity index is 0.994. The van der Waals surface area contributed by atoms with Gasteiger partial charge in [-0.1, -0.05) is 66.7 Å². The van der Waals surface area contributed by atoms with Gasteiger partial charge >= 0.3 is 0 Å². The molecule has 1 N–H and O–H groups in total. The first-order valence-electron chi connectivity index (χ1n) is 15.4. The highest BCUT2D eigenvalue weighted by Crippen LogP contribution is 2.34. The van der Waals surface area contributed by atoms with E-state index < -0.39 is 0 Å². The molecule has 4 aromatic heterocycles. The molecule has 9 heteroatoms. The Morgan fingerprint density at radius 2 is 1.67 bits per heavy atom. The van der Waals surface area contributed by atoms with Crippen molar-refractivity contribution in [2.45, 2.75) is 31.7 Å². The SMILES string of the molecule is C1=CC(=Nc2ncc3cc(-c4ccccc4)c(-c4ccc(CN5CCC(c6nc(-c7ccccn7)n[nH]6)CC5)cc4)nc3n2)C1. The zero-order valence-electron chi connectivity index (χ0n) is 24.7. The second kappa shape index (κ2) is 11.9. The predicted octanol–water partition coefficient (Wildman–Crippen LogP) is 6.95. The molecule has 0 atom stereocenters. The summed E-state index contributed by atoms with van der Waals surface area (Å²) in [5, 5.41) is 8.47. The highest BCUT2D eigenvalue weighted by Gasteiger charge is 2.24. The van der Waals surface area contributed by atoms with E-state index >= 15 is 0 Å². The van der Waals surface area contributed by atoms with Crippen molar-refractivity contribution in [3.8, 4) is 33.9 Å². The Morgan fingerprint density at radius 3 is 2.42 bits per heavy atom. The molecule has 0 radical (unpaired) electrons. The first-order valence-corrected chi connectivity index (χ1v) is 15.4. The smallest absolute Gasteiger partial charge is 0.251 e. The number of likely N-dealkylation sites (tertiary alicyclic amines) is 1. The summed E-state index contributed by atoms with van der Waals surface area (Å²) in [5.41, 5.74) is 7.84. The Hall–Kier alpha value is -5.41. The number of nitrogens with one attached hydrogen (secondary N) is 1. The summed E-state index contributed by atoms with van der Waals surface area (Å²) in [6, 6.07) is 27.1. The van der Waals surface area contributed by atoms with Crippen LogP contribution in [0.4, 0.5) is 5.95 Å². The van der Waals surface area contributed by atoms with E-state index in [1.54, 1.807) is 6.20 Å². The fourth-order valence-electron chi connectivity index (χ4n) is 5.96. The van der Waals surface area contributed by atoms with Gasteiger partial charge in [0.05, 0.1) is 5.69 Å². The van der Waals surface area contributed by atoms with Crippen molar-refractivity contribution in [3.05, 3.63) is 115 Å². The van der Waals surface area contributed by atoms with Gasteiger partial charge in [-0.15, -0.1) is 0 Å². The van der Waals surface area contributed by atoms with Crippen molar-refractivity contribution < 1.29 is 0 Å². The highest BCUT2D eigenvalue weighted by molar-refractivity contribution is 6.02. The second-order valence-electron chi connectivity index (χ2n) is 11.5. The molecule has 1 fully saturated rings. The van der Waals surface area contributed by atoms with E-state index in [0.29, 0.717) is 23.3 Å². The van der Waals surface area contributed by atoms with E-state index in [2.05, 4.69) is 90.7 Å². The van der Waals surface area contributed by atoms with Crippen LogP contribution < -0.4 is 0 Å². The zero-order chi connectivity index (χ0) is 30.0. The van der Waals surface area contributed by atoms with E-state index in [4.69, 9.17) is 15.0 Å². The van der Waals surface area contributed by atoms with Gasteiger partial charge in [0.25, 0.3) is 5.95 Å². The molecule has 6 aromatic rings. The number of fused-ring (bicyclic) bond motifs is 1. The van der Waals surface area contributed by atoms with Gasteiger partial charge in [-0.25, -0.2) is 19.9 Å². The number of hydrogen-bond donors (Lipinski definition) is 1. The maximum Gasteiger partial charge on any atom is 0.251 e. The molecule has 8 rings (SSSR count). The number of H-pyrrole nitrogens is 1. The first-order chi connectivity index (χ1) is 22.2. The third-order valence-electron chi connectivity index (χ3n) is 8.53. The normalized spacial score (nSPS) is 16.3. The molecular weight excluding hydrogens is 558 g/mol. The van der Waals surface area contributed by atoms with E-state index in [9.17, 15) is 0 Å². The molecule has 45 heavy (non-hydrogen) atoms. The standard InChI is InChI=1S/C36H31N9/c1-2-7-25(8-3-1)30-21-28-22-38-36(39-29-9-6-10-29)42-33(28)40-32(30)26-14-12-24(13-15-26)23-45-19-16-27(17-20-45)34-41-35(44-43-34)31-11-4-5-18-37-31/h1-9,11-15,18,21-22,27H,10,16-17,19-20,23H2,(H,41,43,44). The number of nitrogens with zero attached hydrogens (tertiary/aromatic N) is 8. The van der Waals surface area contributed by atoms with E-state index in [0.717, 1.165) is 83.9 Å². The van der Waals surface area contributed by atoms with Crippen molar-refractivity contribution in [3.63, 3.8) is 0 Å². The van der Waals surface area contributed by atoms with Crippen LogP contribution in [0.2, 0.25) is 0 Å². The largest absolute Gasteiger partial charge is 0.299 e. The number of rotatable bonds is 7. The lowest BCUT2D eigenvalue weighted by Crippen LogP contribution is -2.32. The number of hydrogen-bond acceptors (Lipinski definition) is 8. The molecule has 220 valence electrons. The summed E-state index contributed by atoms with van der Waals surface area (Å²) in [6.45, 7) is 2.93. The molecule has 9 nitrogen and oxygen atoms in total. The van der Waals surface area contributed by atoms with Crippen LogP contribution in [0.5, 0.6) is 0 Å². The Kier molecular flexibility index (Phi) is 7.20. The summed E-state index contributed by atoms with van der Waals surface area (Å²) >= 11 is 0. The minimum Gasteiger partial charge on any atom is -0.299 e. The minimum atomic E-state index is 0.380. The second-order valence-corrected chi connectivity index (χ2v) is 11.5. The van der Waals surface area contributed by atoms with Crippen molar-refractivity contribution in [2.24, 2.45) is 4.99 Å². The van der Waals surface area contributed by atoms with Crippen LogP contribution in [0, 0.1) is 0 Å². The lowest BCUT2D eigenvalue weighted by Gasteiger charge is -2.31. The molecule has 0 unspecified atom stereocenters. The summed E-state index contributed by atoms with van der Waals surface area (Å²) in [6.07, 6.45) is 10.6. The zero-order valence-corrected chi connectivity index (χ0v) is 24.7. The maximum absolute atomic E-state index is 5.07. The average Bonchev–Trinajstić information content (AvgIpc) is 3.58. The van der Waals surface area contributed by atoms with Crippen molar-refractivity contribution >= 4 is 22.7 Å². The van der Waals surface area contributed by atoms with Gasteiger partial charge in [-0.3, -0.25) is 15.0 Å². The van der Waals surface area contributed by atoms with Crippen LogP contribution in [0.25, 0.3) is 44.9 Å². The molecule has 1 saturated heterocycles. The fraction of sp³-hybridized carbons (Fsp3) is 0.194. The van der Waals surface area contributed by atoms with Gasteiger partial charge in [-0.05, 0) is 61.3 Å². The number of benzene rings is 2. The van der Waals surface area contributed by atoms with Gasteiger partial charge in [-0.2, -0.15) is 10.1 Å². The van der Waals surface area contributed by atoms with E-state index in [1.807, 2.05) is 36.5 Å². The van der Waals surface area contributed by atoms with E-state index in [-0.39, 0.29) is 0 Å². The van der Waals surface area contributed by atoms with Crippen molar-refractivity contribution in [1.82, 2.24) is 40.0 Å². The van der Waals surface area contributed by atoms with Crippen LogP contribution in [0.3, 0.4) is 0 Å². The maximum atomic E-state index is 5.07. The number of pyridine rings is 2. The predicted molar refractivity (Wildman–Crippen MR) is 176 cm³/mol. The molecule has 0 saturated carbocycles. The number of aliphatic imine (C=N–C) groups is 1. The lowest BCUT2D eigenvalue weighted by molar-refractivity contribution is 0.202. The van der Waals surface area contributed by atoms with Crippen LogP contribution >= 0.6 is 0 Å². The summed E-state index contributed by atoms with van der Waals surface area (Å²) in [4.78, 5) is 30.4. The van der Waals surface area contributed by atoms with E-state index in [1.165, 1.54) is 5.56 Å². The number of allylic oxidation sites excluding steroid dienone is 2. The van der Waals surface area contributed by atoms with Crippen LogP contribution in [0.1, 0.15) is 36.6 Å². The number of piperidine rings is 1. The lowest BCUT2D eigenvalue weighted by atomic mass is 9.95. The summed E-state index contributed by atoms with van der Waals surface area (Å²) in [7, 11) is 0. The van der Waals surface area contributed by atoms with Gasteiger partial charge in [0.1, 0.15) is 11.5 Å². The van der Waals surface area contributed by atoms with Crippen LogP contribution in [0.15, 0.2) is 108 Å². The first kappa shape index (κ1) is 27.2. The van der Waals surface area contributed by atoms with Gasteiger partial charge in [0.15, 0.2) is 11.5 Å². The number of aromatic nitrogens is 7. The Labute approximate surface area is 260 Å². The van der Waals surface area contributed by atoms with Crippen molar-refractivity contribution in [1.29, 1.82) is 0 Å². The van der Waals surface area contributed by atoms with Crippen LogP contribution in [-0.4, -0.2) is 58.8 Å². The molecule has 0 amide bonds. The Morgan fingerprint density at radius 1 is 0.844 bits per heavy atom. The molecular formula is C36H31N9. The van der Waals surface area contributed by atoms with Gasteiger partial charge in [0, 0.05) is 53.5 Å². The average molecular weight is 590 g/mol. The number of aromatic amines is 1. The summed E-state index contributed by atoms with van der Waals surface area (Å²) < 4.78 is 0.